The number of hydrogen-bond donors (Lipinski definition) is 2. The van der Waals surface area contributed by atoms with Crippen LogP contribution in [0.3, 0.4) is 0 Å². The van der Waals surface area contributed by atoms with Gasteiger partial charge in [-0.25, -0.2) is 0 Å². The molecule has 0 aromatic rings. The van der Waals surface area contributed by atoms with Gasteiger partial charge >= 0.3 is 5.97 Å². The molecule has 0 spiro atoms. The molecule has 1 heterocycles. The summed E-state index contributed by atoms with van der Waals surface area (Å²) in [5, 5.41) is 19.7. The van der Waals surface area contributed by atoms with E-state index in [0.717, 1.165) is 24.0 Å². The van der Waals surface area contributed by atoms with Crippen molar-refractivity contribution in [1.82, 2.24) is 0 Å². The fraction of sp³-hybridized carbons (Fsp3) is 0.667. The molecule has 0 unspecified atom stereocenters. The Kier molecular flexibility index (Phi) is 4.42. The molecule has 19 heavy (non-hydrogen) atoms. The van der Waals surface area contributed by atoms with Gasteiger partial charge in [0.05, 0.1) is 18.6 Å². The van der Waals surface area contributed by atoms with Crippen LogP contribution in [-0.2, 0) is 9.53 Å². The van der Waals surface area contributed by atoms with E-state index in [1.54, 1.807) is 6.92 Å². The molecule has 4 heteroatoms. The molecule has 2 rings (SSSR count). The van der Waals surface area contributed by atoms with Crippen LogP contribution in [0.15, 0.2) is 23.3 Å². The van der Waals surface area contributed by atoms with E-state index in [1.807, 2.05) is 19.1 Å². The zero-order chi connectivity index (χ0) is 14.0. The van der Waals surface area contributed by atoms with Crippen LogP contribution in [0.5, 0.6) is 0 Å². The van der Waals surface area contributed by atoms with E-state index < -0.39 is 6.10 Å². The van der Waals surface area contributed by atoms with Crippen LogP contribution >= 0.6 is 0 Å². The van der Waals surface area contributed by atoms with E-state index in [-0.39, 0.29) is 30.5 Å². The molecule has 1 fully saturated rings. The van der Waals surface area contributed by atoms with Gasteiger partial charge < -0.3 is 14.9 Å². The maximum Gasteiger partial charge on any atom is 0.309 e. The topological polar surface area (TPSA) is 66.8 Å². The van der Waals surface area contributed by atoms with Gasteiger partial charge in [-0.2, -0.15) is 0 Å². The zero-order valence-electron chi connectivity index (χ0n) is 11.5. The third kappa shape index (κ3) is 3.07. The predicted molar refractivity (Wildman–Crippen MR) is 71.3 cm³/mol. The molecule has 1 aliphatic carbocycles. The van der Waals surface area contributed by atoms with Crippen LogP contribution in [-0.4, -0.2) is 35.0 Å². The lowest BCUT2D eigenvalue weighted by atomic mass is 9.82. The van der Waals surface area contributed by atoms with Crippen LogP contribution in [0.25, 0.3) is 0 Å². The molecular weight excluding hydrogens is 244 g/mol. The summed E-state index contributed by atoms with van der Waals surface area (Å²) in [6.45, 7) is 3.77. The van der Waals surface area contributed by atoms with Gasteiger partial charge in [0.2, 0.25) is 0 Å². The zero-order valence-corrected chi connectivity index (χ0v) is 11.5. The Bertz CT molecular complexity index is 410. The lowest BCUT2D eigenvalue weighted by Crippen LogP contribution is -2.32. The number of rotatable bonds is 1. The van der Waals surface area contributed by atoms with Crippen molar-refractivity contribution >= 4 is 5.97 Å². The first kappa shape index (κ1) is 14.3. The van der Waals surface area contributed by atoms with Crippen molar-refractivity contribution in [1.29, 1.82) is 0 Å². The third-order valence-electron chi connectivity index (χ3n) is 4.12. The molecule has 0 aromatic heterocycles. The lowest BCUT2D eigenvalue weighted by molar-refractivity contribution is -0.142. The minimum Gasteiger partial charge on any atom is -0.457 e. The van der Waals surface area contributed by atoms with Crippen LogP contribution in [0.4, 0.5) is 0 Å². The summed E-state index contributed by atoms with van der Waals surface area (Å²) in [5.74, 6) is -0.772. The van der Waals surface area contributed by atoms with Crippen molar-refractivity contribution in [2.24, 2.45) is 11.8 Å². The fourth-order valence-electron chi connectivity index (χ4n) is 2.94. The number of esters is 1. The highest BCUT2D eigenvalue weighted by Crippen LogP contribution is 2.35. The van der Waals surface area contributed by atoms with Gasteiger partial charge in [0.25, 0.3) is 0 Å². The molecule has 1 saturated heterocycles. The number of ether oxygens (including phenoxy) is 1. The minimum atomic E-state index is -0.660. The van der Waals surface area contributed by atoms with Gasteiger partial charge in [-0.1, -0.05) is 18.6 Å². The normalized spacial score (nSPS) is 41.6. The summed E-state index contributed by atoms with van der Waals surface area (Å²) < 4.78 is 5.36. The van der Waals surface area contributed by atoms with Crippen molar-refractivity contribution in [2.75, 3.05) is 6.61 Å². The van der Waals surface area contributed by atoms with Crippen LogP contribution < -0.4 is 0 Å². The van der Waals surface area contributed by atoms with Gasteiger partial charge in [0.15, 0.2) is 0 Å². The van der Waals surface area contributed by atoms with Gasteiger partial charge in [-0.3, -0.25) is 4.79 Å². The number of carbonyl (C=O) groups is 1. The summed E-state index contributed by atoms with van der Waals surface area (Å²) in [5.41, 5.74) is 1.99. The van der Waals surface area contributed by atoms with Crippen LogP contribution in [0.2, 0.25) is 0 Å². The van der Waals surface area contributed by atoms with Crippen molar-refractivity contribution in [2.45, 2.75) is 45.3 Å². The second kappa shape index (κ2) is 5.88. The number of aliphatic hydroxyl groups excluding tert-OH is 2. The summed E-state index contributed by atoms with van der Waals surface area (Å²) in [6.07, 6.45) is 5.09. The molecule has 0 amide bonds. The first-order valence-electron chi connectivity index (χ1n) is 6.87. The first-order chi connectivity index (χ1) is 9.02. The van der Waals surface area contributed by atoms with Gasteiger partial charge in [-0.15, -0.1) is 0 Å². The molecule has 4 nitrogen and oxygen atoms in total. The Labute approximate surface area is 113 Å². The second-order valence-electron chi connectivity index (χ2n) is 5.61. The summed E-state index contributed by atoms with van der Waals surface area (Å²) in [6, 6.07) is 0. The molecule has 0 aromatic carbocycles. The minimum absolute atomic E-state index is 0.0413. The fourth-order valence-corrected chi connectivity index (χ4v) is 2.94. The predicted octanol–water partition coefficient (Wildman–Crippen LogP) is 1.57. The maximum absolute atomic E-state index is 11.7. The van der Waals surface area contributed by atoms with E-state index in [4.69, 9.17) is 4.74 Å². The SMILES string of the molecule is C/C1=C\[C@@H]2OC(=O)[C@@H](C)[C@@H]2[C@H](O)C/C(CO)=C/CC1. The Hall–Kier alpha value is -1.13. The quantitative estimate of drug-likeness (QED) is 0.558. The van der Waals surface area contributed by atoms with E-state index in [1.165, 1.54) is 0 Å². The summed E-state index contributed by atoms with van der Waals surface area (Å²) in [4.78, 5) is 11.7. The first-order valence-corrected chi connectivity index (χ1v) is 6.87. The maximum atomic E-state index is 11.7. The van der Waals surface area contributed by atoms with Gasteiger partial charge in [0.1, 0.15) is 6.10 Å². The molecule has 0 bridgehead atoms. The van der Waals surface area contributed by atoms with E-state index in [2.05, 4.69) is 0 Å². The molecular formula is C15H22O4. The van der Waals surface area contributed by atoms with Crippen molar-refractivity contribution < 1.29 is 19.7 Å². The summed E-state index contributed by atoms with van der Waals surface area (Å²) in [7, 11) is 0. The second-order valence-corrected chi connectivity index (χ2v) is 5.61. The van der Waals surface area contributed by atoms with Gasteiger partial charge in [0, 0.05) is 5.92 Å². The van der Waals surface area contributed by atoms with Crippen LogP contribution in [0, 0.1) is 11.8 Å². The Morgan fingerprint density at radius 1 is 1.47 bits per heavy atom. The van der Waals surface area contributed by atoms with Crippen molar-refractivity contribution in [3.8, 4) is 0 Å². The van der Waals surface area contributed by atoms with Crippen LogP contribution in [0.1, 0.15) is 33.1 Å². The number of allylic oxidation sites excluding steroid dienone is 2. The molecule has 0 radical (unpaired) electrons. The highest BCUT2D eigenvalue weighted by molar-refractivity contribution is 5.75. The number of aliphatic hydroxyl groups is 2. The van der Waals surface area contributed by atoms with E-state index >= 15 is 0 Å². The largest absolute Gasteiger partial charge is 0.457 e. The van der Waals surface area contributed by atoms with E-state index in [9.17, 15) is 15.0 Å². The lowest BCUT2D eigenvalue weighted by Gasteiger charge is -2.25. The average molecular weight is 266 g/mol. The standard InChI is InChI=1S/C15H22O4/c1-9-4-3-5-11(8-16)7-12(17)14-10(2)15(18)19-13(14)6-9/h5-6,10,12-14,16-17H,3-4,7-8H2,1-2H3/b9-6+,11-5-/t10-,12+,13-,14+/m0/s1. The molecule has 0 saturated carbocycles. The number of carbonyl (C=O) groups excluding carboxylic acids is 1. The Balaban J connectivity index is 2.29. The van der Waals surface area contributed by atoms with Crippen molar-refractivity contribution in [3.63, 3.8) is 0 Å². The summed E-state index contributed by atoms with van der Waals surface area (Å²) >= 11 is 0. The highest BCUT2D eigenvalue weighted by atomic mass is 16.6. The number of hydrogen-bond acceptors (Lipinski definition) is 4. The average Bonchev–Trinajstić information content (AvgIpc) is 2.63. The van der Waals surface area contributed by atoms with Gasteiger partial charge in [-0.05, 0) is 37.8 Å². The smallest absolute Gasteiger partial charge is 0.309 e. The molecule has 2 aliphatic rings. The molecule has 2 N–H and O–H groups in total. The Morgan fingerprint density at radius 2 is 2.21 bits per heavy atom. The highest BCUT2D eigenvalue weighted by Gasteiger charge is 2.44. The van der Waals surface area contributed by atoms with Crippen molar-refractivity contribution in [3.05, 3.63) is 23.3 Å². The third-order valence-corrected chi connectivity index (χ3v) is 4.12. The molecule has 1 aliphatic heterocycles. The monoisotopic (exact) mass is 266 g/mol. The molecule has 4 atom stereocenters. The number of fused-ring (bicyclic) bond motifs is 1. The Morgan fingerprint density at radius 3 is 2.89 bits per heavy atom. The van der Waals surface area contributed by atoms with E-state index in [0.29, 0.717) is 6.42 Å². The molecule has 106 valence electrons.